The Bertz CT molecular complexity index is 794. The highest BCUT2D eigenvalue weighted by Crippen LogP contribution is 2.34. The third kappa shape index (κ3) is 4.47. The second-order valence-corrected chi connectivity index (χ2v) is 8.69. The summed E-state index contributed by atoms with van der Waals surface area (Å²) in [6.07, 6.45) is -1.12. The number of hydrogen-bond acceptors (Lipinski definition) is 6. The number of nitrogens with zero attached hydrogens (tertiary/aromatic N) is 1. The molecule has 0 radical (unpaired) electrons. The van der Waals surface area contributed by atoms with Crippen LogP contribution in [0.1, 0.15) is 48.5 Å². The summed E-state index contributed by atoms with van der Waals surface area (Å²) < 4.78 is 5.31. The quantitative estimate of drug-likeness (QED) is 0.762. The topological polar surface area (TPSA) is 105 Å². The van der Waals surface area contributed by atoms with Crippen molar-refractivity contribution in [2.24, 2.45) is 5.41 Å². The Morgan fingerprint density at radius 1 is 1.26 bits per heavy atom. The first-order valence-electron chi connectivity index (χ1n) is 8.65. The average Bonchev–Trinajstić information content (AvgIpc) is 3.09. The zero-order chi connectivity index (χ0) is 20.5. The molecule has 0 saturated carbocycles. The van der Waals surface area contributed by atoms with Gasteiger partial charge in [0.05, 0.1) is 5.56 Å². The van der Waals surface area contributed by atoms with Crippen LogP contribution in [0.3, 0.4) is 0 Å². The van der Waals surface area contributed by atoms with Crippen LogP contribution in [0, 0.1) is 19.3 Å². The van der Waals surface area contributed by atoms with Crippen LogP contribution < -0.4 is 10.6 Å². The fourth-order valence-corrected chi connectivity index (χ4v) is 3.47. The summed E-state index contributed by atoms with van der Waals surface area (Å²) in [5.41, 5.74) is 0.299. The smallest absolute Gasteiger partial charge is 0.342 e. The zero-order valence-electron chi connectivity index (χ0n) is 16.4. The number of hydrogen-bond donors (Lipinski definition) is 2. The van der Waals surface area contributed by atoms with E-state index in [-0.39, 0.29) is 18.0 Å². The number of ether oxygens (including phenoxy) is 1. The summed E-state index contributed by atoms with van der Waals surface area (Å²) in [6.45, 7) is 11.0. The van der Waals surface area contributed by atoms with E-state index < -0.39 is 29.4 Å². The van der Waals surface area contributed by atoms with E-state index in [9.17, 15) is 19.2 Å². The lowest BCUT2D eigenvalue weighted by atomic mass is 9.96. The van der Waals surface area contributed by atoms with Gasteiger partial charge in [0.1, 0.15) is 5.00 Å². The van der Waals surface area contributed by atoms with Gasteiger partial charge in [-0.1, -0.05) is 20.8 Å². The molecular weight excluding hydrogens is 370 g/mol. The van der Waals surface area contributed by atoms with Gasteiger partial charge in [-0.15, -0.1) is 11.3 Å². The van der Waals surface area contributed by atoms with Crippen LogP contribution in [0.4, 0.5) is 9.80 Å². The predicted octanol–water partition coefficient (Wildman–Crippen LogP) is 2.45. The van der Waals surface area contributed by atoms with Crippen LogP contribution in [0.25, 0.3) is 0 Å². The Kier molecular flexibility index (Phi) is 5.94. The van der Waals surface area contributed by atoms with E-state index in [4.69, 9.17) is 4.74 Å². The van der Waals surface area contributed by atoms with Crippen LogP contribution in [-0.4, -0.2) is 47.9 Å². The van der Waals surface area contributed by atoms with E-state index in [0.29, 0.717) is 17.1 Å². The molecule has 9 heteroatoms. The van der Waals surface area contributed by atoms with E-state index in [0.717, 1.165) is 9.78 Å². The lowest BCUT2D eigenvalue weighted by Crippen LogP contribution is -2.41. The van der Waals surface area contributed by atoms with Crippen LogP contribution in [0.15, 0.2) is 0 Å². The molecule has 4 amide bonds. The fraction of sp³-hybridized carbons (Fsp3) is 0.556. The molecule has 1 aliphatic rings. The molecular formula is C18H25N3O5S. The third-order valence-corrected chi connectivity index (χ3v) is 5.37. The Hall–Kier alpha value is -2.42. The molecule has 1 aromatic heterocycles. The minimum Gasteiger partial charge on any atom is -0.449 e. The number of esters is 1. The molecule has 1 unspecified atom stereocenters. The van der Waals surface area contributed by atoms with Crippen LogP contribution in [0.2, 0.25) is 0 Å². The average molecular weight is 395 g/mol. The Labute approximate surface area is 162 Å². The molecule has 27 heavy (non-hydrogen) atoms. The van der Waals surface area contributed by atoms with Crippen molar-refractivity contribution in [1.29, 1.82) is 0 Å². The van der Waals surface area contributed by atoms with Crippen molar-refractivity contribution in [3.63, 3.8) is 0 Å². The molecule has 1 fully saturated rings. The van der Waals surface area contributed by atoms with Crippen molar-refractivity contribution < 1.29 is 23.9 Å². The maximum atomic E-state index is 12.7. The number of rotatable bonds is 4. The molecule has 1 atom stereocenters. The molecule has 0 aliphatic carbocycles. The van der Waals surface area contributed by atoms with Crippen molar-refractivity contribution >= 4 is 40.2 Å². The fourth-order valence-electron chi connectivity index (χ4n) is 2.42. The van der Waals surface area contributed by atoms with Gasteiger partial charge in [-0.25, -0.2) is 9.59 Å². The Morgan fingerprint density at radius 3 is 2.41 bits per heavy atom. The van der Waals surface area contributed by atoms with Crippen molar-refractivity contribution in [2.75, 3.05) is 18.4 Å². The predicted molar refractivity (Wildman–Crippen MR) is 102 cm³/mol. The SMILES string of the molecule is Cc1sc(NC(=O)C(C)(C)C)c(C(=O)OC(C)C(=O)N2CCNC2=O)c1C. The number of aryl methyl sites for hydroxylation is 1. The molecule has 0 bridgehead atoms. The van der Waals surface area contributed by atoms with Crippen molar-refractivity contribution in [3.05, 3.63) is 16.0 Å². The summed E-state index contributed by atoms with van der Waals surface area (Å²) in [6, 6.07) is -0.497. The molecule has 2 heterocycles. The Balaban J connectivity index is 2.19. The number of anilines is 1. The molecule has 2 N–H and O–H groups in total. The maximum Gasteiger partial charge on any atom is 0.342 e. The first-order chi connectivity index (χ1) is 12.4. The number of carbonyl (C=O) groups is 4. The molecule has 148 valence electrons. The first-order valence-corrected chi connectivity index (χ1v) is 9.46. The third-order valence-electron chi connectivity index (χ3n) is 4.25. The number of imide groups is 1. The van der Waals surface area contributed by atoms with Crippen LogP contribution in [0.5, 0.6) is 0 Å². The van der Waals surface area contributed by atoms with Gasteiger partial charge in [-0.3, -0.25) is 14.5 Å². The highest BCUT2D eigenvalue weighted by molar-refractivity contribution is 7.16. The molecule has 0 aromatic carbocycles. The van der Waals surface area contributed by atoms with Gasteiger partial charge < -0.3 is 15.4 Å². The molecule has 8 nitrogen and oxygen atoms in total. The summed E-state index contributed by atoms with van der Waals surface area (Å²) >= 11 is 1.28. The highest BCUT2D eigenvalue weighted by Gasteiger charge is 2.33. The van der Waals surface area contributed by atoms with Gasteiger partial charge in [-0.2, -0.15) is 0 Å². The molecule has 1 aromatic rings. The van der Waals surface area contributed by atoms with E-state index in [2.05, 4.69) is 10.6 Å². The summed E-state index contributed by atoms with van der Waals surface area (Å²) in [4.78, 5) is 50.8. The van der Waals surface area contributed by atoms with Gasteiger partial charge in [0, 0.05) is 23.4 Å². The van der Waals surface area contributed by atoms with Gasteiger partial charge in [0.2, 0.25) is 5.91 Å². The largest absolute Gasteiger partial charge is 0.449 e. The number of nitrogens with one attached hydrogen (secondary N) is 2. The first kappa shape index (κ1) is 20.9. The number of amides is 4. The van der Waals surface area contributed by atoms with Crippen LogP contribution in [-0.2, 0) is 14.3 Å². The van der Waals surface area contributed by atoms with E-state index in [1.165, 1.54) is 18.3 Å². The summed E-state index contributed by atoms with van der Waals surface area (Å²) in [5.74, 6) is -1.51. The lowest BCUT2D eigenvalue weighted by Gasteiger charge is -2.19. The minimum atomic E-state index is -1.12. The standard InChI is InChI=1S/C18H25N3O5S/c1-9-11(3)27-13(20-16(24)18(4,5)6)12(9)15(23)26-10(2)14(22)21-8-7-19-17(21)25/h10H,7-8H2,1-6H3,(H,19,25)(H,20,24). The van der Waals surface area contributed by atoms with Crippen molar-refractivity contribution in [2.45, 2.75) is 47.6 Å². The minimum absolute atomic E-state index is 0.226. The number of carbonyl (C=O) groups excluding carboxylic acids is 4. The molecule has 1 saturated heterocycles. The van der Waals surface area contributed by atoms with Crippen molar-refractivity contribution in [3.8, 4) is 0 Å². The van der Waals surface area contributed by atoms with E-state index >= 15 is 0 Å². The van der Waals surface area contributed by atoms with Gasteiger partial charge >= 0.3 is 12.0 Å². The second-order valence-electron chi connectivity index (χ2n) is 7.46. The summed E-state index contributed by atoms with van der Waals surface area (Å²) in [7, 11) is 0. The normalized spacial score (nSPS) is 15.3. The zero-order valence-corrected chi connectivity index (χ0v) is 17.2. The highest BCUT2D eigenvalue weighted by atomic mass is 32.1. The molecule has 1 aliphatic heterocycles. The second kappa shape index (κ2) is 7.67. The van der Waals surface area contributed by atoms with Gasteiger partial charge in [0.25, 0.3) is 5.91 Å². The van der Waals surface area contributed by atoms with Gasteiger partial charge in [-0.05, 0) is 26.3 Å². The monoisotopic (exact) mass is 395 g/mol. The van der Waals surface area contributed by atoms with Gasteiger partial charge in [0.15, 0.2) is 6.10 Å². The Morgan fingerprint density at radius 2 is 1.89 bits per heavy atom. The van der Waals surface area contributed by atoms with E-state index in [1.54, 1.807) is 27.7 Å². The summed E-state index contributed by atoms with van der Waals surface area (Å²) in [5, 5.41) is 5.70. The van der Waals surface area contributed by atoms with E-state index in [1.807, 2.05) is 6.92 Å². The van der Waals surface area contributed by atoms with Crippen molar-refractivity contribution in [1.82, 2.24) is 10.2 Å². The van der Waals surface area contributed by atoms with Crippen LogP contribution >= 0.6 is 11.3 Å². The maximum absolute atomic E-state index is 12.7. The number of urea groups is 1. The lowest BCUT2D eigenvalue weighted by molar-refractivity contribution is -0.136. The number of thiophene rings is 1. The molecule has 2 rings (SSSR count). The molecule has 0 spiro atoms.